The molecule has 29 heavy (non-hydrogen) atoms. The number of aromatic hydroxyl groups is 1. The first-order valence-electron chi connectivity index (χ1n) is 9.40. The Morgan fingerprint density at radius 3 is 2.48 bits per heavy atom. The highest BCUT2D eigenvalue weighted by atomic mass is 16.5. The monoisotopic (exact) mass is 398 g/mol. The summed E-state index contributed by atoms with van der Waals surface area (Å²) in [4.78, 5) is 11.5. The SMILES string of the molecule is COc1cc2c(O)c(C(=O)O)cc(OC)c2c2c1O[C@](C)(CCC=C(C)C)C=C2. The lowest BCUT2D eigenvalue weighted by Crippen LogP contribution is -2.32. The number of carboxylic acids is 1. The summed E-state index contributed by atoms with van der Waals surface area (Å²) in [6.07, 6.45) is 7.74. The lowest BCUT2D eigenvalue weighted by molar-refractivity contribution is 0.0693. The summed E-state index contributed by atoms with van der Waals surface area (Å²) in [5, 5.41) is 20.9. The van der Waals surface area contributed by atoms with Gasteiger partial charge < -0.3 is 24.4 Å². The van der Waals surface area contributed by atoms with Crippen LogP contribution in [0.3, 0.4) is 0 Å². The summed E-state index contributed by atoms with van der Waals surface area (Å²) >= 11 is 0. The average Bonchev–Trinajstić information content (AvgIpc) is 2.66. The Morgan fingerprint density at radius 2 is 1.90 bits per heavy atom. The third-order valence-corrected chi connectivity index (χ3v) is 5.12. The highest BCUT2D eigenvalue weighted by Crippen LogP contribution is 2.49. The van der Waals surface area contributed by atoms with Crippen molar-refractivity contribution in [2.75, 3.05) is 14.2 Å². The fourth-order valence-electron chi connectivity index (χ4n) is 3.58. The summed E-state index contributed by atoms with van der Waals surface area (Å²) in [6.45, 7) is 6.14. The van der Waals surface area contributed by atoms with E-state index in [1.54, 1.807) is 6.07 Å². The Kier molecular flexibility index (Phi) is 5.46. The third kappa shape index (κ3) is 3.75. The summed E-state index contributed by atoms with van der Waals surface area (Å²) in [5.41, 5.74) is 1.19. The highest BCUT2D eigenvalue weighted by molar-refractivity contribution is 6.08. The predicted molar refractivity (Wildman–Crippen MR) is 112 cm³/mol. The van der Waals surface area contributed by atoms with Gasteiger partial charge in [0.25, 0.3) is 0 Å². The van der Waals surface area contributed by atoms with Gasteiger partial charge in [-0.05, 0) is 51.8 Å². The number of methoxy groups -OCH3 is 2. The summed E-state index contributed by atoms with van der Waals surface area (Å²) < 4.78 is 17.3. The number of hydrogen-bond acceptors (Lipinski definition) is 5. The van der Waals surface area contributed by atoms with Crippen molar-refractivity contribution in [3.05, 3.63) is 41.0 Å². The van der Waals surface area contributed by atoms with E-state index in [-0.39, 0.29) is 11.3 Å². The van der Waals surface area contributed by atoms with Gasteiger partial charge in [-0.3, -0.25) is 0 Å². The predicted octanol–water partition coefficient (Wildman–Crippen LogP) is 5.17. The molecule has 0 bridgehead atoms. The molecule has 0 amide bonds. The van der Waals surface area contributed by atoms with E-state index in [9.17, 15) is 15.0 Å². The molecule has 0 saturated carbocycles. The zero-order chi connectivity index (χ0) is 21.3. The zero-order valence-corrected chi connectivity index (χ0v) is 17.3. The van der Waals surface area contributed by atoms with Crippen molar-refractivity contribution < 1.29 is 29.2 Å². The van der Waals surface area contributed by atoms with Gasteiger partial charge in [0, 0.05) is 16.3 Å². The van der Waals surface area contributed by atoms with Gasteiger partial charge in [0.05, 0.1) is 14.2 Å². The van der Waals surface area contributed by atoms with E-state index in [2.05, 4.69) is 19.9 Å². The molecular weight excluding hydrogens is 372 g/mol. The number of allylic oxidation sites excluding steroid dienone is 2. The van der Waals surface area contributed by atoms with Gasteiger partial charge in [-0.15, -0.1) is 0 Å². The van der Waals surface area contributed by atoms with Gasteiger partial charge in [-0.25, -0.2) is 4.79 Å². The second-order valence-corrected chi connectivity index (χ2v) is 7.59. The smallest absolute Gasteiger partial charge is 0.339 e. The summed E-state index contributed by atoms with van der Waals surface area (Å²) in [5.74, 6) is -0.263. The van der Waals surface area contributed by atoms with Gasteiger partial charge in [-0.1, -0.05) is 17.7 Å². The number of hydrogen-bond donors (Lipinski definition) is 2. The molecule has 2 aromatic carbocycles. The Hall–Kier alpha value is -3.15. The summed E-state index contributed by atoms with van der Waals surface area (Å²) in [6, 6.07) is 2.91. The molecule has 0 spiro atoms. The molecule has 6 heteroatoms. The molecule has 1 atom stereocenters. The first-order chi connectivity index (χ1) is 13.7. The molecule has 6 nitrogen and oxygen atoms in total. The van der Waals surface area contributed by atoms with Crippen LogP contribution < -0.4 is 14.2 Å². The molecule has 1 aliphatic heterocycles. The topological polar surface area (TPSA) is 85.2 Å². The zero-order valence-electron chi connectivity index (χ0n) is 17.3. The molecule has 2 N–H and O–H groups in total. The van der Waals surface area contributed by atoms with Gasteiger partial charge in [0.2, 0.25) is 0 Å². The standard InChI is InChI=1S/C23H26O6/c1-13(2)7-6-9-23(3)10-8-14-19-15(11-18(28-5)21(14)29-23)20(24)16(22(25)26)12-17(19)27-4/h7-8,10-12,24H,6,9H2,1-5H3,(H,25,26)/t23-/m1/s1. The van der Waals surface area contributed by atoms with E-state index in [0.717, 1.165) is 12.8 Å². The number of rotatable bonds is 6. The molecule has 1 aliphatic rings. The van der Waals surface area contributed by atoms with Crippen LogP contribution in [0.1, 0.15) is 49.5 Å². The quantitative estimate of drug-likeness (QED) is 0.653. The molecular formula is C23H26O6. The fraction of sp³-hybridized carbons (Fsp3) is 0.348. The second-order valence-electron chi connectivity index (χ2n) is 7.59. The number of carboxylic acid groups (broad SMARTS) is 1. The minimum Gasteiger partial charge on any atom is -0.506 e. The number of benzene rings is 2. The Labute approximate surface area is 170 Å². The van der Waals surface area contributed by atoms with E-state index in [1.807, 2.05) is 19.1 Å². The van der Waals surface area contributed by atoms with Gasteiger partial charge >= 0.3 is 5.97 Å². The van der Waals surface area contributed by atoms with Crippen LogP contribution in [0.15, 0.2) is 29.9 Å². The molecule has 0 aliphatic carbocycles. The molecule has 2 aromatic rings. The maximum absolute atomic E-state index is 11.5. The molecule has 0 fully saturated rings. The van der Waals surface area contributed by atoms with Crippen molar-refractivity contribution in [2.45, 2.75) is 39.2 Å². The third-order valence-electron chi connectivity index (χ3n) is 5.12. The fourth-order valence-corrected chi connectivity index (χ4v) is 3.58. The first kappa shape index (κ1) is 20.6. The number of aromatic carboxylic acids is 1. The van der Waals surface area contributed by atoms with Crippen LogP contribution in [-0.2, 0) is 0 Å². The van der Waals surface area contributed by atoms with Crippen molar-refractivity contribution in [2.24, 2.45) is 0 Å². The first-order valence-corrected chi connectivity index (χ1v) is 9.40. The van der Waals surface area contributed by atoms with Crippen LogP contribution in [-0.4, -0.2) is 36.0 Å². The number of carbonyl (C=O) groups is 1. The Morgan fingerprint density at radius 1 is 1.21 bits per heavy atom. The van der Waals surface area contributed by atoms with Crippen molar-refractivity contribution in [3.63, 3.8) is 0 Å². The molecule has 154 valence electrons. The lowest BCUT2D eigenvalue weighted by Gasteiger charge is -2.33. The Bertz CT molecular complexity index is 1030. The molecule has 0 saturated heterocycles. The van der Waals surface area contributed by atoms with E-state index in [0.29, 0.717) is 33.6 Å². The second kappa shape index (κ2) is 7.70. The average molecular weight is 398 g/mol. The van der Waals surface area contributed by atoms with Crippen LogP contribution in [0.4, 0.5) is 0 Å². The van der Waals surface area contributed by atoms with E-state index in [1.165, 1.54) is 25.9 Å². The normalized spacial score (nSPS) is 17.4. The van der Waals surface area contributed by atoms with Crippen molar-refractivity contribution >= 4 is 22.8 Å². The molecule has 0 radical (unpaired) electrons. The van der Waals surface area contributed by atoms with Gasteiger partial charge in [-0.2, -0.15) is 0 Å². The molecule has 0 unspecified atom stereocenters. The number of phenols is 1. The van der Waals surface area contributed by atoms with E-state index < -0.39 is 11.6 Å². The maximum atomic E-state index is 11.5. The molecule has 0 aromatic heterocycles. The minimum absolute atomic E-state index is 0.233. The van der Waals surface area contributed by atoms with Crippen LogP contribution in [0, 0.1) is 0 Å². The number of fused-ring (bicyclic) bond motifs is 3. The Balaban J connectivity index is 2.21. The van der Waals surface area contributed by atoms with E-state index in [4.69, 9.17) is 14.2 Å². The lowest BCUT2D eigenvalue weighted by atomic mass is 9.91. The van der Waals surface area contributed by atoms with Crippen LogP contribution in [0.25, 0.3) is 16.8 Å². The van der Waals surface area contributed by atoms with Crippen molar-refractivity contribution in [1.29, 1.82) is 0 Å². The highest BCUT2D eigenvalue weighted by Gasteiger charge is 2.32. The van der Waals surface area contributed by atoms with Gasteiger partial charge in [0.15, 0.2) is 11.5 Å². The maximum Gasteiger partial charge on any atom is 0.339 e. The van der Waals surface area contributed by atoms with Crippen molar-refractivity contribution in [3.8, 4) is 23.0 Å². The van der Waals surface area contributed by atoms with Crippen molar-refractivity contribution in [1.82, 2.24) is 0 Å². The molecule has 1 heterocycles. The number of ether oxygens (including phenoxy) is 3. The minimum atomic E-state index is -1.24. The van der Waals surface area contributed by atoms with Crippen LogP contribution >= 0.6 is 0 Å². The van der Waals surface area contributed by atoms with Crippen LogP contribution in [0.2, 0.25) is 0 Å². The van der Waals surface area contributed by atoms with Gasteiger partial charge in [0.1, 0.15) is 22.7 Å². The summed E-state index contributed by atoms with van der Waals surface area (Å²) in [7, 11) is 2.98. The van der Waals surface area contributed by atoms with Crippen LogP contribution in [0.5, 0.6) is 23.0 Å². The van der Waals surface area contributed by atoms with E-state index >= 15 is 0 Å². The molecule has 3 rings (SSSR count). The largest absolute Gasteiger partial charge is 0.506 e.